The van der Waals surface area contributed by atoms with Gasteiger partial charge in [-0.2, -0.15) is 0 Å². The van der Waals surface area contributed by atoms with Crippen LogP contribution < -0.4 is 0 Å². The lowest BCUT2D eigenvalue weighted by atomic mass is 9.94. The van der Waals surface area contributed by atoms with Gasteiger partial charge in [0.2, 0.25) is 0 Å². The number of carboxylic acids is 1. The normalized spacial score (nSPS) is 25.0. The summed E-state index contributed by atoms with van der Waals surface area (Å²) in [5.74, 6) is -0.891. The van der Waals surface area contributed by atoms with E-state index in [1.54, 1.807) is 6.92 Å². The number of rotatable bonds is 4. The molecule has 2 rings (SSSR count). The summed E-state index contributed by atoms with van der Waals surface area (Å²) >= 11 is 0. The lowest BCUT2D eigenvalue weighted by Crippen LogP contribution is -2.15. The molecule has 3 nitrogen and oxygen atoms in total. The average Bonchev–Trinajstić information content (AvgIpc) is 2.75. The predicted octanol–water partition coefficient (Wildman–Crippen LogP) is 2.58. The van der Waals surface area contributed by atoms with Gasteiger partial charge in [0, 0.05) is 0 Å². The second-order valence-corrected chi connectivity index (χ2v) is 5.26. The molecule has 0 unspecified atom stereocenters. The Balaban J connectivity index is 2.01. The molecule has 0 saturated heterocycles. The molecule has 1 saturated carbocycles. The van der Waals surface area contributed by atoms with Crippen LogP contribution in [0.1, 0.15) is 43.2 Å². The Bertz CT molecular complexity index is 410. The molecule has 0 heterocycles. The molecular formula is C15H20O3. The van der Waals surface area contributed by atoms with E-state index < -0.39 is 11.9 Å². The monoisotopic (exact) mass is 248 g/mol. The Kier molecular flexibility index (Phi) is 4.02. The zero-order valence-corrected chi connectivity index (χ0v) is 10.7. The third-order valence-corrected chi connectivity index (χ3v) is 3.97. The first-order valence-electron chi connectivity index (χ1n) is 6.57. The van der Waals surface area contributed by atoms with Crippen molar-refractivity contribution in [3.8, 4) is 0 Å². The van der Waals surface area contributed by atoms with Crippen LogP contribution in [0.15, 0.2) is 24.3 Å². The third kappa shape index (κ3) is 2.91. The highest BCUT2D eigenvalue weighted by molar-refractivity contribution is 5.75. The molecule has 1 aromatic carbocycles. The van der Waals surface area contributed by atoms with Gasteiger partial charge in [-0.05, 0) is 43.2 Å². The first-order valence-corrected chi connectivity index (χ1v) is 6.57. The maximum Gasteiger partial charge on any atom is 0.310 e. The van der Waals surface area contributed by atoms with Crippen molar-refractivity contribution in [1.29, 1.82) is 0 Å². The fourth-order valence-corrected chi connectivity index (χ4v) is 2.64. The summed E-state index contributed by atoms with van der Waals surface area (Å²) < 4.78 is 0. The van der Waals surface area contributed by atoms with Crippen molar-refractivity contribution in [3.63, 3.8) is 0 Å². The quantitative estimate of drug-likeness (QED) is 0.861. The van der Waals surface area contributed by atoms with Gasteiger partial charge in [-0.15, -0.1) is 0 Å². The van der Waals surface area contributed by atoms with E-state index in [2.05, 4.69) is 0 Å². The van der Waals surface area contributed by atoms with E-state index in [0.29, 0.717) is 5.92 Å². The molecule has 0 bridgehead atoms. The SMILES string of the molecule is C[C@H](C(=O)O)c1ccc(C[C@@H]2CCC[C@H]2O)cc1. The zero-order valence-electron chi connectivity index (χ0n) is 10.7. The van der Waals surface area contributed by atoms with Gasteiger partial charge in [0.1, 0.15) is 0 Å². The molecule has 2 N–H and O–H groups in total. The van der Waals surface area contributed by atoms with Crippen LogP contribution in [0, 0.1) is 5.92 Å². The van der Waals surface area contributed by atoms with Gasteiger partial charge in [-0.1, -0.05) is 30.7 Å². The van der Waals surface area contributed by atoms with Crippen LogP contribution in [-0.2, 0) is 11.2 Å². The average molecular weight is 248 g/mol. The van der Waals surface area contributed by atoms with Crippen LogP contribution >= 0.6 is 0 Å². The Morgan fingerprint density at radius 3 is 2.50 bits per heavy atom. The largest absolute Gasteiger partial charge is 0.481 e. The highest BCUT2D eigenvalue weighted by atomic mass is 16.4. The molecule has 0 aliphatic heterocycles. The Morgan fingerprint density at radius 1 is 1.33 bits per heavy atom. The van der Waals surface area contributed by atoms with Gasteiger partial charge in [-0.3, -0.25) is 4.79 Å². The molecule has 0 amide bonds. The Morgan fingerprint density at radius 2 is 2.00 bits per heavy atom. The number of benzene rings is 1. The smallest absolute Gasteiger partial charge is 0.310 e. The maximum atomic E-state index is 10.9. The third-order valence-electron chi connectivity index (χ3n) is 3.97. The number of hydrogen-bond donors (Lipinski definition) is 2. The number of carbonyl (C=O) groups is 1. The molecule has 0 aromatic heterocycles. The van der Waals surface area contributed by atoms with E-state index in [1.807, 2.05) is 24.3 Å². The molecule has 98 valence electrons. The van der Waals surface area contributed by atoms with Gasteiger partial charge < -0.3 is 10.2 Å². The molecular weight excluding hydrogens is 228 g/mol. The molecule has 18 heavy (non-hydrogen) atoms. The molecule has 1 fully saturated rings. The second kappa shape index (κ2) is 5.53. The van der Waals surface area contributed by atoms with E-state index in [4.69, 9.17) is 5.11 Å². The summed E-state index contributed by atoms with van der Waals surface area (Å²) in [6, 6.07) is 7.74. The topological polar surface area (TPSA) is 57.5 Å². The van der Waals surface area contributed by atoms with E-state index in [0.717, 1.165) is 31.2 Å². The molecule has 1 aliphatic carbocycles. The fourth-order valence-electron chi connectivity index (χ4n) is 2.64. The number of aliphatic hydroxyl groups excluding tert-OH is 1. The summed E-state index contributed by atoms with van der Waals surface area (Å²) in [6.07, 6.45) is 3.85. The molecule has 0 radical (unpaired) electrons. The summed E-state index contributed by atoms with van der Waals surface area (Å²) in [5, 5.41) is 18.7. The van der Waals surface area contributed by atoms with Gasteiger partial charge in [0.05, 0.1) is 12.0 Å². The highest BCUT2D eigenvalue weighted by Crippen LogP contribution is 2.29. The second-order valence-electron chi connectivity index (χ2n) is 5.26. The Hall–Kier alpha value is -1.35. The first kappa shape index (κ1) is 13.1. The van der Waals surface area contributed by atoms with E-state index in [1.165, 1.54) is 5.56 Å². The van der Waals surface area contributed by atoms with Crippen molar-refractivity contribution < 1.29 is 15.0 Å². The minimum Gasteiger partial charge on any atom is -0.481 e. The molecule has 3 heteroatoms. The van der Waals surface area contributed by atoms with Gasteiger partial charge in [-0.25, -0.2) is 0 Å². The van der Waals surface area contributed by atoms with Crippen molar-refractivity contribution in [1.82, 2.24) is 0 Å². The van der Waals surface area contributed by atoms with E-state index >= 15 is 0 Å². The summed E-state index contributed by atoms with van der Waals surface area (Å²) in [7, 11) is 0. The fraction of sp³-hybridized carbons (Fsp3) is 0.533. The highest BCUT2D eigenvalue weighted by Gasteiger charge is 2.25. The van der Waals surface area contributed by atoms with Crippen LogP contribution in [0.25, 0.3) is 0 Å². The predicted molar refractivity (Wildman–Crippen MR) is 69.5 cm³/mol. The van der Waals surface area contributed by atoms with E-state index in [-0.39, 0.29) is 6.10 Å². The summed E-state index contributed by atoms with van der Waals surface area (Å²) in [5.41, 5.74) is 2.01. The first-order chi connectivity index (χ1) is 8.58. The van der Waals surface area contributed by atoms with Crippen molar-refractivity contribution in [2.24, 2.45) is 5.92 Å². The number of hydrogen-bond acceptors (Lipinski definition) is 2. The lowest BCUT2D eigenvalue weighted by molar-refractivity contribution is -0.138. The molecule has 0 spiro atoms. The van der Waals surface area contributed by atoms with Crippen molar-refractivity contribution >= 4 is 5.97 Å². The van der Waals surface area contributed by atoms with Crippen LogP contribution in [0.4, 0.5) is 0 Å². The van der Waals surface area contributed by atoms with Crippen LogP contribution in [-0.4, -0.2) is 22.3 Å². The van der Waals surface area contributed by atoms with E-state index in [9.17, 15) is 9.90 Å². The minimum absolute atomic E-state index is 0.164. The number of aliphatic carboxylic acids is 1. The minimum atomic E-state index is -0.797. The van der Waals surface area contributed by atoms with Crippen molar-refractivity contribution in [3.05, 3.63) is 35.4 Å². The summed E-state index contributed by atoms with van der Waals surface area (Å²) in [6.45, 7) is 1.69. The summed E-state index contributed by atoms with van der Waals surface area (Å²) in [4.78, 5) is 10.9. The van der Waals surface area contributed by atoms with Gasteiger partial charge in [0.25, 0.3) is 0 Å². The maximum absolute atomic E-state index is 10.9. The molecule has 3 atom stereocenters. The lowest BCUT2D eigenvalue weighted by Gasteiger charge is -2.15. The number of aliphatic hydroxyl groups is 1. The zero-order chi connectivity index (χ0) is 13.1. The standard InChI is InChI=1S/C15H20O3/c1-10(15(17)18)12-7-5-11(6-8-12)9-13-3-2-4-14(13)16/h5-8,10,13-14,16H,2-4,9H2,1H3,(H,17,18)/t10-,13-,14+/m0/s1. The van der Waals surface area contributed by atoms with Crippen LogP contribution in [0.3, 0.4) is 0 Å². The van der Waals surface area contributed by atoms with Crippen molar-refractivity contribution in [2.75, 3.05) is 0 Å². The van der Waals surface area contributed by atoms with Gasteiger partial charge in [0.15, 0.2) is 0 Å². The van der Waals surface area contributed by atoms with Gasteiger partial charge >= 0.3 is 5.97 Å². The molecule has 1 aliphatic rings. The van der Waals surface area contributed by atoms with Crippen LogP contribution in [0.5, 0.6) is 0 Å². The molecule has 1 aromatic rings. The number of carboxylic acid groups (broad SMARTS) is 1. The Labute approximate surface area is 107 Å². The van der Waals surface area contributed by atoms with Crippen LogP contribution in [0.2, 0.25) is 0 Å². The van der Waals surface area contributed by atoms with Crippen molar-refractivity contribution in [2.45, 2.75) is 44.6 Å².